The molecule has 1 heterocycles. The Balaban J connectivity index is 2.26. The van der Waals surface area contributed by atoms with Crippen molar-refractivity contribution in [3.63, 3.8) is 0 Å². The highest BCUT2D eigenvalue weighted by molar-refractivity contribution is 6.35. The van der Waals surface area contributed by atoms with E-state index < -0.39 is 11.8 Å². The van der Waals surface area contributed by atoms with E-state index in [1.807, 2.05) is 6.92 Å². The van der Waals surface area contributed by atoms with Crippen molar-refractivity contribution in [2.45, 2.75) is 25.4 Å². The SMILES string of the molecule is CC1(CNC(=O)C(=O)NCCN)CCCO1. The van der Waals surface area contributed by atoms with Crippen LogP contribution >= 0.6 is 0 Å². The number of rotatable bonds is 4. The third kappa shape index (κ3) is 3.79. The van der Waals surface area contributed by atoms with Gasteiger partial charge in [-0.1, -0.05) is 0 Å². The summed E-state index contributed by atoms with van der Waals surface area (Å²) in [4.78, 5) is 22.5. The normalized spacial score (nSPS) is 24.1. The first-order chi connectivity index (χ1) is 7.57. The molecule has 16 heavy (non-hydrogen) atoms. The molecule has 4 N–H and O–H groups in total. The molecule has 0 spiro atoms. The number of ether oxygens (including phenoxy) is 1. The number of hydrogen-bond acceptors (Lipinski definition) is 4. The van der Waals surface area contributed by atoms with Crippen molar-refractivity contribution in [1.29, 1.82) is 0 Å². The Hall–Kier alpha value is -1.14. The van der Waals surface area contributed by atoms with Crippen LogP contribution < -0.4 is 16.4 Å². The maximum absolute atomic E-state index is 11.3. The smallest absolute Gasteiger partial charge is 0.309 e. The van der Waals surface area contributed by atoms with Crippen LogP contribution in [0.25, 0.3) is 0 Å². The predicted molar refractivity (Wildman–Crippen MR) is 58.7 cm³/mol. The van der Waals surface area contributed by atoms with Crippen molar-refractivity contribution in [1.82, 2.24) is 10.6 Å². The summed E-state index contributed by atoms with van der Waals surface area (Å²) in [5.41, 5.74) is 4.88. The number of hydrogen-bond donors (Lipinski definition) is 3. The summed E-state index contributed by atoms with van der Waals surface area (Å²) < 4.78 is 5.49. The molecule has 0 bridgehead atoms. The van der Waals surface area contributed by atoms with E-state index in [0.29, 0.717) is 26.2 Å². The topological polar surface area (TPSA) is 93.5 Å². The lowest BCUT2D eigenvalue weighted by Gasteiger charge is -2.23. The molecule has 92 valence electrons. The molecule has 0 aromatic carbocycles. The van der Waals surface area contributed by atoms with Crippen LogP contribution in [-0.4, -0.2) is 43.7 Å². The van der Waals surface area contributed by atoms with Crippen molar-refractivity contribution < 1.29 is 14.3 Å². The van der Waals surface area contributed by atoms with Crippen LogP contribution in [0.1, 0.15) is 19.8 Å². The molecule has 6 nitrogen and oxygen atoms in total. The highest BCUT2D eigenvalue weighted by Gasteiger charge is 2.30. The molecule has 0 aromatic rings. The minimum absolute atomic E-state index is 0.306. The predicted octanol–water partition coefficient (Wildman–Crippen LogP) is -1.25. The molecule has 0 saturated carbocycles. The van der Waals surface area contributed by atoms with E-state index in [4.69, 9.17) is 10.5 Å². The van der Waals surface area contributed by atoms with Gasteiger partial charge in [-0.15, -0.1) is 0 Å². The second kappa shape index (κ2) is 5.81. The lowest BCUT2D eigenvalue weighted by atomic mass is 10.0. The Morgan fingerprint density at radius 3 is 2.62 bits per heavy atom. The molecule has 6 heteroatoms. The zero-order valence-electron chi connectivity index (χ0n) is 9.54. The van der Waals surface area contributed by atoms with Crippen LogP contribution in [0.15, 0.2) is 0 Å². The first kappa shape index (κ1) is 12.9. The molecule has 1 aliphatic rings. The number of nitrogens with two attached hydrogens (primary N) is 1. The van der Waals surface area contributed by atoms with Crippen molar-refractivity contribution in [2.75, 3.05) is 26.2 Å². The molecular formula is C10H19N3O3. The fourth-order valence-electron chi connectivity index (χ4n) is 1.59. The van der Waals surface area contributed by atoms with Gasteiger partial charge in [0.05, 0.1) is 5.60 Å². The van der Waals surface area contributed by atoms with E-state index >= 15 is 0 Å². The van der Waals surface area contributed by atoms with Gasteiger partial charge in [0, 0.05) is 26.2 Å². The number of nitrogens with one attached hydrogen (secondary N) is 2. The highest BCUT2D eigenvalue weighted by atomic mass is 16.5. The molecular weight excluding hydrogens is 210 g/mol. The van der Waals surface area contributed by atoms with E-state index in [2.05, 4.69) is 10.6 Å². The third-order valence-corrected chi connectivity index (χ3v) is 2.56. The Morgan fingerprint density at radius 1 is 1.38 bits per heavy atom. The zero-order chi connectivity index (χ0) is 12.0. The van der Waals surface area contributed by atoms with Gasteiger partial charge in [-0.2, -0.15) is 0 Å². The average molecular weight is 229 g/mol. The summed E-state index contributed by atoms with van der Waals surface area (Å²) in [5, 5.41) is 4.96. The van der Waals surface area contributed by atoms with Crippen LogP contribution in [-0.2, 0) is 14.3 Å². The van der Waals surface area contributed by atoms with Crippen molar-refractivity contribution in [3.8, 4) is 0 Å². The van der Waals surface area contributed by atoms with Gasteiger partial charge in [-0.3, -0.25) is 9.59 Å². The van der Waals surface area contributed by atoms with E-state index in [0.717, 1.165) is 12.8 Å². The van der Waals surface area contributed by atoms with Crippen molar-refractivity contribution in [2.24, 2.45) is 5.73 Å². The van der Waals surface area contributed by atoms with Crippen LogP contribution in [0.2, 0.25) is 0 Å². The standard InChI is InChI=1S/C10H19N3O3/c1-10(3-2-6-16-10)7-13-9(15)8(14)12-5-4-11/h2-7,11H2,1H3,(H,12,14)(H,13,15). The Kier molecular flexibility index (Phi) is 4.70. The summed E-state index contributed by atoms with van der Waals surface area (Å²) >= 11 is 0. The number of carbonyl (C=O) groups is 2. The van der Waals surface area contributed by atoms with Crippen molar-refractivity contribution in [3.05, 3.63) is 0 Å². The van der Waals surface area contributed by atoms with E-state index in [1.165, 1.54) is 0 Å². The first-order valence-corrected chi connectivity index (χ1v) is 5.47. The van der Waals surface area contributed by atoms with Gasteiger partial charge in [0.2, 0.25) is 0 Å². The van der Waals surface area contributed by atoms with Gasteiger partial charge >= 0.3 is 11.8 Å². The van der Waals surface area contributed by atoms with Gasteiger partial charge in [-0.25, -0.2) is 0 Å². The van der Waals surface area contributed by atoms with E-state index in [9.17, 15) is 9.59 Å². The molecule has 2 amide bonds. The van der Waals surface area contributed by atoms with Crippen LogP contribution in [0.5, 0.6) is 0 Å². The fourth-order valence-corrected chi connectivity index (χ4v) is 1.59. The molecule has 1 fully saturated rings. The quantitative estimate of drug-likeness (QED) is 0.525. The first-order valence-electron chi connectivity index (χ1n) is 5.47. The lowest BCUT2D eigenvalue weighted by molar-refractivity contribution is -0.139. The number of amides is 2. The van der Waals surface area contributed by atoms with E-state index in [-0.39, 0.29) is 5.60 Å². The van der Waals surface area contributed by atoms with E-state index in [1.54, 1.807) is 0 Å². The molecule has 0 aliphatic carbocycles. The summed E-state index contributed by atoms with van der Waals surface area (Å²) in [5.74, 6) is -1.28. The zero-order valence-corrected chi connectivity index (χ0v) is 9.54. The highest BCUT2D eigenvalue weighted by Crippen LogP contribution is 2.23. The Labute approximate surface area is 94.9 Å². The summed E-state index contributed by atoms with van der Waals surface area (Å²) in [6.07, 6.45) is 1.89. The van der Waals surface area contributed by atoms with Gasteiger partial charge in [0.25, 0.3) is 0 Å². The summed E-state index contributed by atoms with van der Waals surface area (Å²) in [6.45, 7) is 3.63. The minimum Gasteiger partial charge on any atom is -0.373 e. The van der Waals surface area contributed by atoms with Gasteiger partial charge in [0.1, 0.15) is 0 Å². The minimum atomic E-state index is -0.646. The fraction of sp³-hybridized carbons (Fsp3) is 0.800. The molecule has 0 aromatic heterocycles. The molecule has 1 rings (SSSR count). The molecule has 0 radical (unpaired) electrons. The third-order valence-electron chi connectivity index (χ3n) is 2.56. The summed E-state index contributed by atoms with van der Waals surface area (Å²) in [7, 11) is 0. The van der Waals surface area contributed by atoms with Crippen molar-refractivity contribution >= 4 is 11.8 Å². The van der Waals surface area contributed by atoms with Gasteiger partial charge in [0.15, 0.2) is 0 Å². The largest absolute Gasteiger partial charge is 0.373 e. The second-order valence-electron chi connectivity index (χ2n) is 4.13. The molecule has 1 saturated heterocycles. The van der Waals surface area contributed by atoms with Gasteiger partial charge in [-0.05, 0) is 19.8 Å². The maximum Gasteiger partial charge on any atom is 0.309 e. The molecule has 1 aliphatic heterocycles. The lowest BCUT2D eigenvalue weighted by Crippen LogP contribution is -2.47. The van der Waals surface area contributed by atoms with Gasteiger partial charge < -0.3 is 21.1 Å². The van der Waals surface area contributed by atoms with Crippen LogP contribution in [0, 0.1) is 0 Å². The Morgan fingerprint density at radius 2 is 2.06 bits per heavy atom. The van der Waals surface area contributed by atoms with Crippen LogP contribution in [0.4, 0.5) is 0 Å². The monoisotopic (exact) mass is 229 g/mol. The maximum atomic E-state index is 11.3. The Bertz CT molecular complexity index is 262. The van der Waals surface area contributed by atoms with Crippen LogP contribution in [0.3, 0.4) is 0 Å². The molecule has 1 atom stereocenters. The second-order valence-corrected chi connectivity index (χ2v) is 4.13. The average Bonchev–Trinajstić information content (AvgIpc) is 2.70. The number of carbonyl (C=O) groups excluding carboxylic acids is 2. The molecule has 1 unspecified atom stereocenters. The summed E-state index contributed by atoms with van der Waals surface area (Å²) in [6, 6.07) is 0.